The van der Waals surface area contributed by atoms with Gasteiger partial charge in [-0.15, -0.1) is 0 Å². The van der Waals surface area contributed by atoms with Gasteiger partial charge in [0.1, 0.15) is 11.4 Å². The second-order valence-electron chi connectivity index (χ2n) is 6.41. The molecule has 2 rings (SSSR count). The third-order valence-electron chi connectivity index (χ3n) is 3.49. The van der Waals surface area contributed by atoms with Gasteiger partial charge in [-0.2, -0.15) is 0 Å². The Labute approximate surface area is 125 Å². The van der Waals surface area contributed by atoms with Gasteiger partial charge in [0.2, 0.25) is 0 Å². The van der Waals surface area contributed by atoms with Crippen molar-refractivity contribution in [3.63, 3.8) is 0 Å². The third kappa shape index (κ3) is 4.31. The smallest absolute Gasteiger partial charge is 0.315 e. The van der Waals surface area contributed by atoms with Gasteiger partial charge in [-0.25, -0.2) is 0 Å². The fourth-order valence-corrected chi connectivity index (χ4v) is 2.58. The van der Waals surface area contributed by atoms with Crippen LogP contribution in [0, 0.1) is 11.8 Å². The minimum atomic E-state index is -0.534. The van der Waals surface area contributed by atoms with E-state index >= 15 is 0 Å². The molecule has 1 aromatic rings. The highest BCUT2D eigenvalue weighted by Crippen LogP contribution is 2.34. The van der Waals surface area contributed by atoms with Crippen LogP contribution in [-0.4, -0.2) is 17.5 Å². The molecule has 0 aliphatic heterocycles. The molecule has 4 heteroatoms. The lowest BCUT2D eigenvalue weighted by molar-refractivity contribution is -0.164. The average molecular weight is 290 g/mol. The van der Waals surface area contributed by atoms with E-state index in [-0.39, 0.29) is 17.9 Å². The van der Waals surface area contributed by atoms with Crippen molar-refractivity contribution in [2.45, 2.75) is 45.6 Å². The number of rotatable bonds is 3. The second-order valence-corrected chi connectivity index (χ2v) is 6.41. The van der Waals surface area contributed by atoms with Crippen LogP contribution in [0.1, 0.15) is 40.0 Å². The minimum Gasteiger partial charge on any atom is -0.460 e. The topological polar surface area (TPSA) is 52.6 Å². The first kappa shape index (κ1) is 15.5. The van der Waals surface area contributed by atoms with Crippen molar-refractivity contribution in [1.29, 1.82) is 0 Å². The highest BCUT2D eigenvalue weighted by molar-refractivity contribution is 5.84. The van der Waals surface area contributed by atoms with Gasteiger partial charge in [-0.3, -0.25) is 9.59 Å². The summed E-state index contributed by atoms with van der Waals surface area (Å²) in [4.78, 5) is 24.5. The Morgan fingerprint density at radius 3 is 2.14 bits per heavy atom. The number of esters is 2. The summed E-state index contributed by atoms with van der Waals surface area (Å²) < 4.78 is 10.8. The van der Waals surface area contributed by atoms with Crippen LogP contribution >= 0.6 is 0 Å². The number of hydrogen-bond donors (Lipinski definition) is 0. The zero-order valence-corrected chi connectivity index (χ0v) is 12.8. The molecule has 21 heavy (non-hydrogen) atoms. The summed E-state index contributed by atoms with van der Waals surface area (Å²) in [6, 6.07) is 8.94. The molecular weight excluding hydrogens is 268 g/mol. The second kappa shape index (κ2) is 6.29. The first-order valence-electron chi connectivity index (χ1n) is 7.36. The number of carbonyl (C=O) groups is 2. The van der Waals surface area contributed by atoms with Gasteiger partial charge in [0.25, 0.3) is 0 Å². The standard InChI is InChI=1S/C17H22O4/c1-17(2,3)21-16(19)14-11-7-10-13(14)15(18)20-12-8-5-4-6-9-12/h4-6,8-9,13-14H,7,10-11H2,1-3H3/t13-,14-/m1/s1. The van der Waals surface area contributed by atoms with E-state index in [4.69, 9.17) is 9.47 Å². The van der Waals surface area contributed by atoms with Crippen molar-refractivity contribution in [3.05, 3.63) is 30.3 Å². The lowest BCUT2D eigenvalue weighted by Crippen LogP contribution is -2.34. The SMILES string of the molecule is CC(C)(C)OC(=O)[C@@H]1CCC[C@H]1C(=O)Oc1ccccc1. The van der Waals surface area contributed by atoms with Crippen LogP contribution in [0.3, 0.4) is 0 Å². The van der Waals surface area contributed by atoms with E-state index in [1.54, 1.807) is 12.1 Å². The molecule has 2 atom stereocenters. The molecule has 1 aromatic carbocycles. The Morgan fingerprint density at radius 2 is 1.57 bits per heavy atom. The quantitative estimate of drug-likeness (QED) is 0.633. The lowest BCUT2D eigenvalue weighted by atomic mass is 9.96. The Morgan fingerprint density at radius 1 is 1.00 bits per heavy atom. The predicted octanol–water partition coefficient (Wildman–Crippen LogP) is 3.35. The van der Waals surface area contributed by atoms with Gasteiger partial charge in [-0.1, -0.05) is 24.6 Å². The average Bonchev–Trinajstić information content (AvgIpc) is 2.87. The van der Waals surface area contributed by atoms with Crippen LogP contribution in [0.25, 0.3) is 0 Å². The molecule has 1 aliphatic carbocycles. The van der Waals surface area contributed by atoms with Crippen LogP contribution in [0.15, 0.2) is 30.3 Å². The zero-order valence-electron chi connectivity index (χ0n) is 12.8. The van der Waals surface area contributed by atoms with Gasteiger partial charge >= 0.3 is 11.9 Å². The normalized spacial score (nSPS) is 21.9. The molecule has 0 saturated heterocycles. The monoisotopic (exact) mass is 290 g/mol. The first-order valence-corrected chi connectivity index (χ1v) is 7.36. The fraction of sp³-hybridized carbons (Fsp3) is 0.529. The van der Waals surface area contributed by atoms with Crippen molar-refractivity contribution in [2.75, 3.05) is 0 Å². The minimum absolute atomic E-state index is 0.296. The first-order chi connectivity index (χ1) is 9.87. The molecule has 0 amide bonds. The summed E-state index contributed by atoms with van der Waals surface area (Å²) in [6.07, 6.45) is 2.21. The van der Waals surface area contributed by atoms with Gasteiger partial charge in [0.05, 0.1) is 11.8 Å². The lowest BCUT2D eigenvalue weighted by Gasteiger charge is -2.24. The molecule has 1 saturated carbocycles. The predicted molar refractivity (Wildman–Crippen MR) is 78.8 cm³/mol. The third-order valence-corrected chi connectivity index (χ3v) is 3.49. The van der Waals surface area contributed by atoms with Crippen LogP contribution in [0.2, 0.25) is 0 Å². The summed E-state index contributed by atoms with van der Waals surface area (Å²) in [5.41, 5.74) is -0.534. The van der Waals surface area contributed by atoms with Crippen LogP contribution < -0.4 is 4.74 Å². The van der Waals surface area contributed by atoms with E-state index in [0.717, 1.165) is 6.42 Å². The van der Waals surface area contributed by atoms with Gasteiger partial charge in [0.15, 0.2) is 0 Å². The van der Waals surface area contributed by atoms with Crippen molar-refractivity contribution in [2.24, 2.45) is 11.8 Å². The van der Waals surface area contributed by atoms with E-state index in [0.29, 0.717) is 18.6 Å². The van der Waals surface area contributed by atoms with Gasteiger partial charge < -0.3 is 9.47 Å². The molecule has 1 fully saturated rings. The van der Waals surface area contributed by atoms with E-state index in [1.807, 2.05) is 39.0 Å². The molecule has 4 nitrogen and oxygen atoms in total. The number of carbonyl (C=O) groups excluding carboxylic acids is 2. The maximum Gasteiger partial charge on any atom is 0.315 e. The molecular formula is C17H22O4. The number of ether oxygens (including phenoxy) is 2. The number of para-hydroxylation sites is 1. The van der Waals surface area contributed by atoms with Crippen molar-refractivity contribution >= 4 is 11.9 Å². The Kier molecular flexibility index (Phi) is 4.66. The summed E-state index contributed by atoms with van der Waals surface area (Å²) in [6.45, 7) is 5.49. The molecule has 0 spiro atoms. The molecule has 0 unspecified atom stereocenters. The maximum atomic E-state index is 12.3. The molecule has 0 N–H and O–H groups in total. The highest BCUT2D eigenvalue weighted by Gasteiger charge is 2.41. The molecule has 0 heterocycles. The van der Waals surface area contributed by atoms with Crippen molar-refractivity contribution < 1.29 is 19.1 Å². The van der Waals surface area contributed by atoms with Crippen LogP contribution in [-0.2, 0) is 14.3 Å². The van der Waals surface area contributed by atoms with Crippen molar-refractivity contribution in [3.8, 4) is 5.75 Å². The molecule has 1 aliphatic rings. The number of hydrogen-bond acceptors (Lipinski definition) is 4. The fourth-order valence-electron chi connectivity index (χ4n) is 2.58. The Hall–Kier alpha value is -1.84. The largest absolute Gasteiger partial charge is 0.460 e. The maximum absolute atomic E-state index is 12.3. The van der Waals surface area contributed by atoms with Crippen molar-refractivity contribution in [1.82, 2.24) is 0 Å². The summed E-state index contributed by atoms with van der Waals surface area (Å²) in [5.74, 6) is -0.914. The van der Waals surface area contributed by atoms with E-state index in [2.05, 4.69) is 0 Å². The molecule has 114 valence electrons. The Balaban J connectivity index is 2.01. The highest BCUT2D eigenvalue weighted by atomic mass is 16.6. The van der Waals surface area contributed by atoms with Gasteiger partial charge in [0, 0.05) is 0 Å². The number of benzene rings is 1. The van der Waals surface area contributed by atoms with Gasteiger partial charge in [-0.05, 0) is 45.7 Å². The van der Waals surface area contributed by atoms with E-state index in [9.17, 15) is 9.59 Å². The van der Waals surface area contributed by atoms with E-state index < -0.39 is 11.5 Å². The summed E-state index contributed by atoms with van der Waals surface area (Å²) >= 11 is 0. The summed E-state index contributed by atoms with van der Waals surface area (Å²) in [7, 11) is 0. The Bertz CT molecular complexity index is 501. The van der Waals surface area contributed by atoms with Crippen LogP contribution in [0.4, 0.5) is 0 Å². The molecule has 0 aromatic heterocycles. The zero-order chi connectivity index (χ0) is 15.5. The van der Waals surface area contributed by atoms with E-state index in [1.165, 1.54) is 0 Å². The summed E-state index contributed by atoms with van der Waals surface area (Å²) in [5, 5.41) is 0. The molecule has 0 bridgehead atoms. The molecule has 0 radical (unpaired) electrons. The van der Waals surface area contributed by atoms with Crippen LogP contribution in [0.5, 0.6) is 5.75 Å².